The van der Waals surface area contributed by atoms with E-state index in [9.17, 15) is 9.18 Å². The minimum absolute atomic E-state index is 0.0431. The topological polar surface area (TPSA) is 73.3 Å². The highest BCUT2D eigenvalue weighted by Crippen LogP contribution is 2.35. The maximum Gasteiger partial charge on any atom is 0.376 e. The van der Waals surface area contributed by atoms with E-state index in [1.807, 2.05) is 0 Å². The Balaban J connectivity index is 1.85. The molecule has 0 saturated carbocycles. The molecular formula is C16H15ClFN3O3. The zero-order valence-corrected chi connectivity index (χ0v) is 13.6. The van der Waals surface area contributed by atoms with E-state index in [0.29, 0.717) is 11.3 Å². The molecule has 1 aromatic heterocycles. The second-order valence-electron chi connectivity index (χ2n) is 5.33. The van der Waals surface area contributed by atoms with Gasteiger partial charge >= 0.3 is 5.97 Å². The van der Waals surface area contributed by atoms with Crippen LogP contribution < -0.4 is 10.1 Å². The highest BCUT2D eigenvalue weighted by atomic mass is 35.5. The number of aromatic nitrogens is 2. The average Bonchev–Trinajstić information content (AvgIpc) is 2.55. The Bertz CT molecular complexity index is 738. The van der Waals surface area contributed by atoms with Gasteiger partial charge in [-0.1, -0.05) is 23.7 Å². The lowest BCUT2D eigenvalue weighted by Crippen LogP contribution is -2.46. The number of rotatable bonds is 5. The maximum atomic E-state index is 13.8. The van der Waals surface area contributed by atoms with E-state index in [4.69, 9.17) is 16.3 Å². The Labute approximate surface area is 143 Å². The lowest BCUT2D eigenvalue weighted by atomic mass is 9.90. The largest absolute Gasteiger partial charge is 0.482 e. The van der Waals surface area contributed by atoms with Gasteiger partial charge in [-0.05, 0) is 6.07 Å². The van der Waals surface area contributed by atoms with Crippen LogP contribution in [0, 0.1) is 11.7 Å². The number of hydrogen-bond donors (Lipinski definition) is 1. The first-order valence-electron chi connectivity index (χ1n) is 7.31. The maximum absolute atomic E-state index is 13.8. The number of esters is 1. The molecule has 1 aliphatic heterocycles. The molecule has 0 aliphatic carbocycles. The molecule has 2 heterocycles. The number of nitrogens with zero attached hydrogens (tertiary/aromatic N) is 2. The summed E-state index contributed by atoms with van der Waals surface area (Å²) in [6.07, 6.45) is 2.32. The summed E-state index contributed by atoms with van der Waals surface area (Å²) in [5.74, 6) is -0.679. The van der Waals surface area contributed by atoms with Gasteiger partial charge in [-0.15, -0.1) is 0 Å². The predicted octanol–water partition coefficient (Wildman–Crippen LogP) is 2.40. The van der Waals surface area contributed by atoms with Crippen molar-refractivity contribution in [3.8, 4) is 5.75 Å². The van der Waals surface area contributed by atoms with Crippen molar-refractivity contribution in [3.05, 3.63) is 52.8 Å². The van der Waals surface area contributed by atoms with Gasteiger partial charge < -0.3 is 14.8 Å². The third kappa shape index (κ3) is 3.32. The second-order valence-corrected chi connectivity index (χ2v) is 5.71. The van der Waals surface area contributed by atoms with Crippen LogP contribution in [0.5, 0.6) is 5.75 Å². The summed E-state index contributed by atoms with van der Waals surface area (Å²) in [6.45, 7) is 1.47. The third-order valence-corrected chi connectivity index (χ3v) is 4.19. The van der Waals surface area contributed by atoms with E-state index in [2.05, 4.69) is 20.0 Å². The van der Waals surface area contributed by atoms with Gasteiger partial charge in [0.2, 0.25) is 5.82 Å². The van der Waals surface area contributed by atoms with E-state index >= 15 is 0 Å². The molecule has 0 bridgehead atoms. The Morgan fingerprint density at radius 1 is 1.38 bits per heavy atom. The summed E-state index contributed by atoms with van der Waals surface area (Å²) < 4.78 is 24.3. The van der Waals surface area contributed by atoms with Crippen LogP contribution in [-0.2, 0) is 4.74 Å². The Hall–Kier alpha value is -2.25. The molecule has 126 valence electrons. The standard InChI is InChI=1S/C16H15ClFN3O3/c1-23-16(22)15-20-7-10(8-21-15)24-14(9-5-19-6-9)11-3-2-4-12(18)13(11)17/h2-4,7-9,14,19H,5-6H2,1H3. The van der Waals surface area contributed by atoms with Crippen molar-refractivity contribution in [2.75, 3.05) is 20.2 Å². The summed E-state index contributed by atoms with van der Waals surface area (Å²) in [7, 11) is 1.25. The summed E-state index contributed by atoms with van der Waals surface area (Å²) >= 11 is 6.10. The molecule has 24 heavy (non-hydrogen) atoms. The molecule has 1 aromatic carbocycles. The molecule has 1 unspecified atom stereocenters. The molecule has 1 fully saturated rings. The van der Waals surface area contributed by atoms with Crippen molar-refractivity contribution < 1.29 is 18.7 Å². The van der Waals surface area contributed by atoms with Crippen LogP contribution in [0.1, 0.15) is 22.3 Å². The van der Waals surface area contributed by atoms with Gasteiger partial charge in [0.25, 0.3) is 0 Å². The molecule has 2 aromatic rings. The van der Waals surface area contributed by atoms with Crippen LogP contribution in [0.25, 0.3) is 0 Å². The average molecular weight is 352 g/mol. The van der Waals surface area contributed by atoms with Crippen molar-refractivity contribution in [2.24, 2.45) is 5.92 Å². The third-order valence-electron chi connectivity index (χ3n) is 3.79. The Kier molecular flexibility index (Phi) is 4.92. The van der Waals surface area contributed by atoms with Gasteiger partial charge in [-0.3, -0.25) is 0 Å². The first-order valence-corrected chi connectivity index (χ1v) is 7.69. The monoisotopic (exact) mass is 351 g/mol. The minimum atomic E-state index is -0.630. The number of halogens is 2. The first-order chi connectivity index (χ1) is 11.6. The highest BCUT2D eigenvalue weighted by molar-refractivity contribution is 6.31. The molecule has 1 saturated heterocycles. The SMILES string of the molecule is COC(=O)c1ncc(OC(c2cccc(F)c2Cl)C2CNC2)cn1. The molecule has 3 rings (SSSR count). The van der Waals surface area contributed by atoms with E-state index in [1.165, 1.54) is 25.6 Å². The summed E-state index contributed by atoms with van der Waals surface area (Å²) in [5, 5.41) is 3.20. The van der Waals surface area contributed by atoms with E-state index in [1.54, 1.807) is 12.1 Å². The van der Waals surface area contributed by atoms with Gasteiger partial charge in [0.15, 0.2) is 5.75 Å². The van der Waals surface area contributed by atoms with Gasteiger partial charge in [0.05, 0.1) is 24.5 Å². The summed E-state index contributed by atoms with van der Waals surface area (Å²) in [5.41, 5.74) is 0.570. The number of methoxy groups -OCH3 is 1. The zero-order chi connectivity index (χ0) is 17.1. The molecule has 8 heteroatoms. The van der Waals surface area contributed by atoms with E-state index < -0.39 is 17.9 Å². The van der Waals surface area contributed by atoms with Crippen LogP contribution >= 0.6 is 11.6 Å². The lowest BCUT2D eigenvalue weighted by molar-refractivity contribution is 0.0585. The highest BCUT2D eigenvalue weighted by Gasteiger charge is 2.32. The fourth-order valence-corrected chi connectivity index (χ4v) is 2.63. The van der Waals surface area contributed by atoms with Crippen molar-refractivity contribution in [2.45, 2.75) is 6.10 Å². The van der Waals surface area contributed by atoms with Crippen LogP contribution in [0.15, 0.2) is 30.6 Å². The van der Waals surface area contributed by atoms with E-state index in [0.717, 1.165) is 13.1 Å². The number of ether oxygens (including phenoxy) is 2. The normalized spacial score (nSPS) is 15.5. The second kappa shape index (κ2) is 7.11. The molecule has 6 nitrogen and oxygen atoms in total. The quantitative estimate of drug-likeness (QED) is 0.834. The molecule has 1 N–H and O–H groups in total. The number of carbonyl (C=O) groups excluding carboxylic acids is 1. The predicted molar refractivity (Wildman–Crippen MR) is 84.5 cm³/mol. The van der Waals surface area contributed by atoms with Crippen LogP contribution in [0.3, 0.4) is 0 Å². The van der Waals surface area contributed by atoms with Crippen LogP contribution in [-0.4, -0.2) is 36.1 Å². The smallest absolute Gasteiger partial charge is 0.376 e. The zero-order valence-electron chi connectivity index (χ0n) is 12.8. The fourth-order valence-electron chi connectivity index (χ4n) is 2.40. The van der Waals surface area contributed by atoms with Gasteiger partial charge in [-0.2, -0.15) is 0 Å². The van der Waals surface area contributed by atoms with Crippen LogP contribution in [0.2, 0.25) is 5.02 Å². The van der Waals surface area contributed by atoms with Gasteiger partial charge in [0.1, 0.15) is 11.9 Å². The molecule has 1 aliphatic rings. The lowest BCUT2D eigenvalue weighted by Gasteiger charge is -2.35. The van der Waals surface area contributed by atoms with Crippen molar-refractivity contribution in [1.82, 2.24) is 15.3 Å². The Morgan fingerprint density at radius 3 is 2.67 bits per heavy atom. The van der Waals surface area contributed by atoms with E-state index in [-0.39, 0.29) is 16.8 Å². The molecule has 1 atom stereocenters. The van der Waals surface area contributed by atoms with Crippen molar-refractivity contribution in [3.63, 3.8) is 0 Å². The first kappa shape index (κ1) is 16.6. The summed E-state index contributed by atoms with van der Waals surface area (Å²) in [4.78, 5) is 19.2. The number of hydrogen-bond acceptors (Lipinski definition) is 6. The number of nitrogens with one attached hydrogen (secondary N) is 1. The Morgan fingerprint density at radius 2 is 2.08 bits per heavy atom. The number of benzene rings is 1. The van der Waals surface area contributed by atoms with Crippen molar-refractivity contribution in [1.29, 1.82) is 0 Å². The molecular weight excluding hydrogens is 337 g/mol. The molecule has 0 amide bonds. The molecule has 0 radical (unpaired) electrons. The number of carbonyl (C=O) groups is 1. The van der Waals surface area contributed by atoms with Crippen molar-refractivity contribution >= 4 is 17.6 Å². The van der Waals surface area contributed by atoms with Gasteiger partial charge in [-0.25, -0.2) is 19.2 Å². The van der Waals surface area contributed by atoms with Crippen LogP contribution in [0.4, 0.5) is 4.39 Å². The fraction of sp³-hybridized carbons (Fsp3) is 0.312. The molecule has 0 spiro atoms. The summed E-state index contributed by atoms with van der Waals surface area (Å²) in [6, 6.07) is 4.63. The minimum Gasteiger partial charge on any atom is -0.482 e. The van der Waals surface area contributed by atoms with Gasteiger partial charge in [0, 0.05) is 24.6 Å².